The van der Waals surface area contributed by atoms with E-state index in [2.05, 4.69) is 6.92 Å². The van der Waals surface area contributed by atoms with Crippen molar-refractivity contribution >= 4 is 40.0 Å². The van der Waals surface area contributed by atoms with Crippen LogP contribution in [0.4, 0.5) is 0 Å². The van der Waals surface area contributed by atoms with Crippen molar-refractivity contribution in [3.05, 3.63) is 99.3 Å². The van der Waals surface area contributed by atoms with Gasteiger partial charge in [0, 0.05) is 5.56 Å². The van der Waals surface area contributed by atoms with E-state index in [0.29, 0.717) is 32.3 Å². The van der Waals surface area contributed by atoms with E-state index < -0.39 is 5.25 Å². The number of ketones is 1. The highest BCUT2D eigenvalue weighted by molar-refractivity contribution is 8.00. The number of nitrogens with zero attached hydrogens (tertiary/aromatic N) is 2. The van der Waals surface area contributed by atoms with E-state index in [0.717, 1.165) is 6.42 Å². The monoisotopic (exact) mass is 448 g/mol. The molecule has 4 nitrogen and oxygen atoms in total. The number of para-hydroxylation sites is 2. The summed E-state index contributed by atoms with van der Waals surface area (Å²) in [6, 6.07) is 22.0. The molecule has 0 saturated heterocycles. The summed E-state index contributed by atoms with van der Waals surface area (Å²) >= 11 is 7.67. The molecule has 0 saturated carbocycles. The molecule has 0 N–H and O–H groups in total. The van der Waals surface area contributed by atoms with E-state index >= 15 is 0 Å². The molecule has 4 rings (SSSR count). The van der Waals surface area contributed by atoms with Crippen molar-refractivity contribution in [1.29, 1.82) is 0 Å². The van der Waals surface area contributed by atoms with E-state index in [9.17, 15) is 9.59 Å². The lowest BCUT2D eigenvalue weighted by molar-refractivity contribution is 0.0994. The van der Waals surface area contributed by atoms with Crippen LogP contribution in [0.2, 0.25) is 5.02 Å². The Kier molecular flexibility index (Phi) is 6.25. The summed E-state index contributed by atoms with van der Waals surface area (Å²) in [5, 5.41) is 0.940. The minimum Gasteiger partial charge on any atom is -0.293 e. The third kappa shape index (κ3) is 4.29. The van der Waals surface area contributed by atoms with Crippen molar-refractivity contribution in [1.82, 2.24) is 9.55 Å². The van der Waals surface area contributed by atoms with Crippen molar-refractivity contribution in [2.45, 2.75) is 30.7 Å². The molecule has 0 aliphatic rings. The number of aryl methyl sites for hydroxylation is 1. The van der Waals surface area contributed by atoms with Gasteiger partial charge in [-0.15, -0.1) is 0 Å². The maximum atomic E-state index is 13.4. The molecule has 0 spiro atoms. The van der Waals surface area contributed by atoms with Gasteiger partial charge < -0.3 is 0 Å². The molecule has 1 heterocycles. The van der Waals surface area contributed by atoms with Crippen LogP contribution in [-0.2, 0) is 6.42 Å². The fraction of sp³-hybridized carbons (Fsp3) is 0.160. The van der Waals surface area contributed by atoms with E-state index in [1.807, 2.05) is 49.4 Å². The third-order valence-electron chi connectivity index (χ3n) is 5.14. The molecule has 0 radical (unpaired) electrons. The Morgan fingerprint density at radius 1 is 1.03 bits per heavy atom. The van der Waals surface area contributed by atoms with Crippen LogP contribution in [-0.4, -0.2) is 20.6 Å². The van der Waals surface area contributed by atoms with Crippen LogP contribution in [0.15, 0.2) is 82.7 Å². The van der Waals surface area contributed by atoms with Gasteiger partial charge in [-0.3, -0.25) is 14.2 Å². The molecule has 156 valence electrons. The predicted molar refractivity (Wildman–Crippen MR) is 128 cm³/mol. The number of halogens is 1. The van der Waals surface area contributed by atoms with Crippen molar-refractivity contribution in [2.75, 3.05) is 0 Å². The van der Waals surface area contributed by atoms with Gasteiger partial charge in [-0.25, -0.2) is 4.98 Å². The Labute approximate surface area is 189 Å². The molecule has 0 aliphatic heterocycles. The number of carbonyl (C=O) groups is 1. The van der Waals surface area contributed by atoms with Gasteiger partial charge in [-0.2, -0.15) is 0 Å². The predicted octanol–water partition coefficient (Wildman–Crippen LogP) is 5.97. The summed E-state index contributed by atoms with van der Waals surface area (Å²) in [4.78, 5) is 31.1. The number of benzene rings is 3. The number of Topliss-reactive ketones (excluding diaryl/α,β-unsaturated/α-hetero) is 1. The highest BCUT2D eigenvalue weighted by Gasteiger charge is 2.22. The fourth-order valence-corrected chi connectivity index (χ4v) is 4.61. The molecular weight excluding hydrogens is 428 g/mol. The molecule has 4 aromatic rings. The first-order chi connectivity index (χ1) is 15.0. The van der Waals surface area contributed by atoms with E-state index in [1.54, 1.807) is 30.3 Å². The van der Waals surface area contributed by atoms with Crippen molar-refractivity contribution in [3.8, 4) is 5.69 Å². The Hall–Kier alpha value is -2.89. The second-order valence-electron chi connectivity index (χ2n) is 7.18. The standard InChI is InChI=1S/C25H21ClN2O2S/c1-3-17-12-14-18(15-13-17)23(29)16(2)31-25-27-21-10-6-4-8-19(21)24(30)28(25)22-11-7-5-9-20(22)26/h4-16H,3H2,1-2H3. The lowest BCUT2D eigenvalue weighted by Gasteiger charge is -2.17. The average Bonchev–Trinajstić information content (AvgIpc) is 2.80. The molecule has 1 atom stereocenters. The van der Waals surface area contributed by atoms with Crippen LogP contribution < -0.4 is 5.56 Å². The second kappa shape index (κ2) is 9.08. The zero-order valence-corrected chi connectivity index (χ0v) is 18.8. The van der Waals surface area contributed by atoms with Crippen LogP contribution in [0.5, 0.6) is 0 Å². The topological polar surface area (TPSA) is 52.0 Å². The van der Waals surface area contributed by atoms with E-state index in [-0.39, 0.29) is 11.3 Å². The first kappa shape index (κ1) is 21.3. The smallest absolute Gasteiger partial charge is 0.266 e. The Morgan fingerprint density at radius 2 is 1.71 bits per heavy atom. The van der Waals surface area contributed by atoms with Gasteiger partial charge >= 0.3 is 0 Å². The summed E-state index contributed by atoms with van der Waals surface area (Å²) < 4.78 is 1.50. The highest BCUT2D eigenvalue weighted by atomic mass is 35.5. The molecule has 1 aromatic heterocycles. The molecule has 0 fully saturated rings. The number of fused-ring (bicyclic) bond motifs is 1. The lowest BCUT2D eigenvalue weighted by atomic mass is 10.1. The van der Waals surface area contributed by atoms with Gasteiger partial charge in [0.05, 0.1) is 26.9 Å². The zero-order valence-electron chi connectivity index (χ0n) is 17.2. The van der Waals surface area contributed by atoms with Gasteiger partial charge in [0.25, 0.3) is 5.56 Å². The summed E-state index contributed by atoms with van der Waals surface area (Å²) in [7, 11) is 0. The first-order valence-electron chi connectivity index (χ1n) is 10.1. The quantitative estimate of drug-likeness (QED) is 0.207. The Morgan fingerprint density at radius 3 is 2.42 bits per heavy atom. The molecular formula is C25H21ClN2O2S. The number of carbonyl (C=O) groups excluding carboxylic acids is 1. The maximum absolute atomic E-state index is 13.4. The summed E-state index contributed by atoms with van der Waals surface area (Å²) in [6.45, 7) is 3.91. The van der Waals surface area contributed by atoms with Gasteiger partial charge in [-0.05, 0) is 43.2 Å². The number of hydrogen-bond donors (Lipinski definition) is 0. The molecule has 1 unspecified atom stereocenters. The van der Waals surface area contributed by atoms with Crippen LogP contribution in [0.25, 0.3) is 16.6 Å². The lowest BCUT2D eigenvalue weighted by Crippen LogP contribution is -2.24. The minimum absolute atomic E-state index is 0.0132. The van der Waals surface area contributed by atoms with Crippen molar-refractivity contribution in [3.63, 3.8) is 0 Å². The van der Waals surface area contributed by atoms with Gasteiger partial charge in [0.2, 0.25) is 0 Å². The summed E-state index contributed by atoms with van der Waals surface area (Å²) in [5.41, 5.74) is 2.74. The third-order valence-corrected chi connectivity index (χ3v) is 6.51. The van der Waals surface area contributed by atoms with Gasteiger partial charge in [0.15, 0.2) is 10.9 Å². The molecule has 6 heteroatoms. The number of rotatable bonds is 6. The van der Waals surface area contributed by atoms with Gasteiger partial charge in [0.1, 0.15) is 0 Å². The summed E-state index contributed by atoms with van der Waals surface area (Å²) in [5.74, 6) is -0.0132. The normalized spacial score (nSPS) is 12.1. The SMILES string of the molecule is CCc1ccc(C(=O)C(C)Sc2nc3ccccc3c(=O)n2-c2ccccc2Cl)cc1. The maximum Gasteiger partial charge on any atom is 0.266 e. The van der Waals surface area contributed by atoms with Crippen LogP contribution in [0.1, 0.15) is 29.8 Å². The molecule has 0 aliphatic carbocycles. The molecule has 3 aromatic carbocycles. The largest absolute Gasteiger partial charge is 0.293 e. The zero-order chi connectivity index (χ0) is 22.0. The van der Waals surface area contributed by atoms with E-state index in [4.69, 9.17) is 16.6 Å². The summed E-state index contributed by atoms with van der Waals surface area (Å²) in [6.07, 6.45) is 0.921. The second-order valence-corrected chi connectivity index (χ2v) is 8.89. The van der Waals surface area contributed by atoms with Gasteiger partial charge in [-0.1, -0.05) is 78.8 Å². The Bertz CT molecular complexity index is 1320. The molecule has 0 bridgehead atoms. The average molecular weight is 449 g/mol. The first-order valence-corrected chi connectivity index (χ1v) is 11.3. The highest BCUT2D eigenvalue weighted by Crippen LogP contribution is 2.29. The van der Waals surface area contributed by atoms with Crippen LogP contribution >= 0.6 is 23.4 Å². The molecule has 31 heavy (non-hydrogen) atoms. The molecule has 0 amide bonds. The van der Waals surface area contributed by atoms with E-state index in [1.165, 1.54) is 21.9 Å². The fourth-order valence-electron chi connectivity index (χ4n) is 3.39. The number of hydrogen-bond acceptors (Lipinski definition) is 4. The number of aromatic nitrogens is 2. The Balaban J connectivity index is 1.79. The number of thioether (sulfide) groups is 1. The van der Waals surface area contributed by atoms with Crippen molar-refractivity contribution < 1.29 is 4.79 Å². The van der Waals surface area contributed by atoms with Crippen molar-refractivity contribution in [2.24, 2.45) is 0 Å². The minimum atomic E-state index is -0.436. The van der Waals surface area contributed by atoms with Crippen LogP contribution in [0.3, 0.4) is 0 Å². The van der Waals surface area contributed by atoms with Crippen LogP contribution in [0, 0.1) is 0 Å².